The van der Waals surface area contributed by atoms with Gasteiger partial charge in [0.2, 0.25) is 5.91 Å². The lowest BCUT2D eigenvalue weighted by Crippen LogP contribution is -2.14. The van der Waals surface area contributed by atoms with Crippen LogP contribution in [0.5, 0.6) is 11.5 Å². The highest BCUT2D eigenvalue weighted by molar-refractivity contribution is 7.22. The van der Waals surface area contributed by atoms with Gasteiger partial charge >= 0.3 is 0 Å². The summed E-state index contributed by atoms with van der Waals surface area (Å²) in [6.45, 7) is 3.30. The molecule has 0 fully saturated rings. The van der Waals surface area contributed by atoms with Crippen LogP contribution in [0.25, 0.3) is 10.2 Å². The number of nitrogens with one attached hydrogen (secondary N) is 1. The molecule has 128 valence electrons. The minimum absolute atomic E-state index is 0.0667. The van der Waals surface area contributed by atoms with Crippen LogP contribution in [0.15, 0.2) is 36.4 Å². The molecule has 0 atom stereocenters. The average Bonchev–Trinajstić information content (AvgIpc) is 3.20. The third-order valence-electron chi connectivity index (χ3n) is 4.04. The zero-order chi connectivity index (χ0) is 17.2. The Hall–Kier alpha value is -2.60. The highest BCUT2D eigenvalue weighted by atomic mass is 32.1. The first-order valence-electron chi connectivity index (χ1n) is 8.29. The number of anilines is 1. The number of ether oxygens (including phenoxy) is 2. The van der Waals surface area contributed by atoms with Gasteiger partial charge in [-0.3, -0.25) is 4.79 Å². The van der Waals surface area contributed by atoms with Gasteiger partial charge in [-0.2, -0.15) is 0 Å². The van der Waals surface area contributed by atoms with Crippen LogP contribution in [0.4, 0.5) is 5.13 Å². The van der Waals surface area contributed by atoms with Crippen LogP contribution in [-0.4, -0.2) is 24.1 Å². The maximum absolute atomic E-state index is 12.3. The summed E-state index contributed by atoms with van der Waals surface area (Å²) in [7, 11) is 0. The number of amides is 1. The number of benzene rings is 2. The van der Waals surface area contributed by atoms with Crippen LogP contribution in [0, 0.1) is 0 Å². The van der Waals surface area contributed by atoms with Crippen LogP contribution < -0.4 is 14.8 Å². The van der Waals surface area contributed by atoms with Crippen molar-refractivity contribution >= 4 is 32.6 Å². The van der Waals surface area contributed by atoms with Gasteiger partial charge in [0, 0.05) is 6.42 Å². The smallest absolute Gasteiger partial charge is 0.230 e. The molecule has 1 aliphatic rings. The van der Waals surface area contributed by atoms with Crippen molar-refractivity contribution in [2.24, 2.45) is 0 Å². The Labute approximate surface area is 149 Å². The van der Waals surface area contributed by atoms with E-state index in [1.165, 1.54) is 16.9 Å². The quantitative estimate of drug-likeness (QED) is 0.757. The Bertz CT molecular complexity index is 936. The van der Waals surface area contributed by atoms with Crippen LogP contribution >= 0.6 is 11.3 Å². The Morgan fingerprint density at radius 3 is 3.12 bits per heavy atom. The Kier molecular flexibility index (Phi) is 4.28. The molecular formula is C19H18N2O3S. The van der Waals surface area contributed by atoms with Gasteiger partial charge in [-0.25, -0.2) is 4.98 Å². The van der Waals surface area contributed by atoms with Gasteiger partial charge in [0.1, 0.15) is 11.5 Å². The summed E-state index contributed by atoms with van der Waals surface area (Å²) in [5, 5.41) is 3.50. The van der Waals surface area contributed by atoms with E-state index < -0.39 is 0 Å². The van der Waals surface area contributed by atoms with Gasteiger partial charge in [-0.15, -0.1) is 0 Å². The second kappa shape index (κ2) is 6.72. The molecule has 1 amide bonds. The molecule has 2 aromatic carbocycles. The highest BCUT2D eigenvalue weighted by Gasteiger charge is 2.14. The number of fused-ring (bicyclic) bond motifs is 2. The fourth-order valence-electron chi connectivity index (χ4n) is 2.91. The number of hydrogen-bond donors (Lipinski definition) is 1. The van der Waals surface area contributed by atoms with Crippen LogP contribution in [0.3, 0.4) is 0 Å². The van der Waals surface area contributed by atoms with Crippen molar-refractivity contribution in [2.45, 2.75) is 19.8 Å². The SMILES string of the molecule is CCOc1ccc2nc(NC(=O)Cc3ccc4c(c3)CCO4)sc2c1. The maximum atomic E-state index is 12.3. The number of carbonyl (C=O) groups is 1. The molecule has 3 aromatic rings. The summed E-state index contributed by atoms with van der Waals surface area (Å²) in [6, 6.07) is 11.7. The first-order valence-corrected chi connectivity index (χ1v) is 9.11. The number of aromatic nitrogens is 1. The molecule has 6 heteroatoms. The number of nitrogens with zero attached hydrogens (tertiary/aromatic N) is 1. The largest absolute Gasteiger partial charge is 0.494 e. The minimum Gasteiger partial charge on any atom is -0.494 e. The molecule has 0 saturated heterocycles. The van der Waals surface area contributed by atoms with Crippen LogP contribution in [-0.2, 0) is 17.6 Å². The van der Waals surface area contributed by atoms with Gasteiger partial charge in [0.25, 0.3) is 0 Å². The van der Waals surface area contributed by atoms with Gasteiger partial charge < -0.3 is 14.8 Å². The van der Waals surface area contributed by atoms with E-state index >= 15 is 0 Å². The second-order valence-electron chi connectivity index (χ2n) is 5.85. The molecular weight excluding hydrogens is 336 g/mol. The second-order valence-corrected chi connectivity index (χ2v) is 6.88. The number of hydrogen-bond acceptors (Lipinski definition) is 5. The van der Waals surface area contributed by atoms with Crippen molar-refractivity contribution in [3.63, 3.8) is 0 Å². The number of thiazole rings is 1. The van der Waals surface area contributed by atoms with Crippen LogP contribution in [0.1, 0.15) is 18.1 Å². The molecule has 0 spiro atoms. The highest BCUT2D eigenvalue weighted by Crippen LogP contribution is 2.30. The number of carbonyl (C=O) groups excluding carboxylic acids is 1. The third kappa shape index (κ3) is 3.44. The van der Waals surface area contributed by atoms with E-state index in [1.54, 1.807) is 0 Å². The lowest BCUT2D eigenvalue weighted by molar-refractivity contribution is -0.115. The molecule has 1 aromatic heterocycles. The van der Waals surface area contributed by atoms with Crippen molar-refractivity contribution in [1.29, 1.82) is 0 Å². The molecule has 0 unspecified atom stereocenters. The average molecular weight is 354 g/mol. The van der Waals surface area contributed by atoms with Gasteiger partial charge in [-0.1, -0.05) is 23.5 Å². The van der Waals surface area contributed by atoms with E-state index in [2.05, 4.69) is 16.4 Å². The van der Waals surface area contributed by atoms with E-state index in [1.807, 2.05) is 37.3 Å². The van der Waals surface area contributed by atoms with Crippen molar-refractivity contribution in [2.75, 3.05) is 18.5 Å². The van der Waals surface area contributed by atoms with E-state index in [0.717, 1.165) is 40.3 Å². The molecule has 25 heavy (non-hydrogen) atoms. The summed E-state index contributed by atoms with van der Waals surface area (Å²) < 4.78 is 12.0. The maximum Gasteiger partial charge on any atom is 0.230 e. The van der Waals surface area contributed by atoms with Crippen molar-refractivity contribution in [3.05, 3.63) is 47.5 Å². The summed E-state index contributed by atoms with van der Waals surface area (Å²) in [6.07, 6.45) is 1.23. The lowest BCUT2D eigenvalue weighted by atomic mass is 10.1. The van der Waals surface area contributed by atoms with Gasteiger partial charge in [0.05, 0.1) is 29.9 Å². The van der Waals surface area contributed by atoms with E-state index in [-0.39, 0.29) is 5.91 Å². The summed E-state index contributed by atoms with van der Waals surface area (Å²) in [4.78, 5) is 16.8. The molecule has 0 radical (unpaired) electrons. The van der Waals surface area contributed by atoms with Gasteiger partial charge in [0.15, 0.2) is 5.13 Å². The van der Waals surface area contributed by atoms with E-state index in [9.17, 15) is 4.79 Å². The lowest BCUT2D eigenvalue weighted by Gasteiger charge is -2.04. The minimum atomic E-state index is -0.0667. The predicted octanol–water partition coefficient (Wildman–Crippen LogP) is 3.81. The Morgan fingerprint density at radius 1 is 1.32 bits per heavy atom. The predicted molar refractivity (Wildman–Crippen MR) is 98.8 cm³/mol. The first-order chi connectivity index (χ1) is 12.2. The topological polar surface area (TPSA) is 60.5 Å². The standard InChI is InChI=1S/C19H18N2O3S/c1-2-23-14-4-5-15-17(11-14)25-19(20-15)21-18(22)10-12-3-6-16-13(9-12)7-8-24-16/h3-6,9,11H,2,7-8,10H2,1H3,(H,20,21,22). The molecule has 0 bridgehead atoms. The zero-order valence-corrected chi connectivity index (χ0v) is 14.7. The molecule has 4 rings (SSSR count). The van der Waals surface area contributed by atoms with Gasteiger partial charge in [-0.05, 0) is 42.3 Å². The monoisotopic (exact) mass is 354 g/mol. The first kappa shape index (κ1) is 15.9. The molecule has 1 N–H and O–H groups in total. The molecule has 0 aliphatic carbocycles. The van der Waals surface area contributed by atoms with Crippen molar-refractivity contribution in [3.8, 4) is 11.5 Å². The molecule has 0 saturated carbocycles. The molecule has 2 heterocycles. The van der Waals surface area contributed by atoms with Crippen LogP contribution in [0.2, 0.25) is 0 Å². The van der Waals surface area contributed by atoms with E-state index in [0.29, 0.717) is 18.2 Å². The molecule has 5 nitrogen and oxygen atoms in total. The Balaban J connectivity index is 1.46. The fraction of sp³-hybridized carbons (Fsp3) is 0.263. The Morgan fingerprint density at radius 2 is 2.24 bits per heavy atom. The fourth-order valence-corrected chi connectivity index (χ4v) is 3.82. The molecule has 1 aliphatic heterocycles. The summed E-state index contributed by atoms with van der Waals surface area (Å²) in [5.74, 6) is 1.68. The van der Waals surface area contributed by atoms with Crippen molar-refractivity contribution < 1.29 is 14.3 Å². The third-order valence-corrected chi connectivity index (χ3v) is 4.97. The zero-order valence-electron chi connectivity index (χ0n) is 13.9. The van der Waals surface area contributed by atoms with Crippen molar-refractivity contribution in [1.82, 2.24) is 4.98 Å². The van der Waals surface area contributed by atoms with E-state index in [4.69, 9.17) is 9.47 Å². The normalized spacial score (nSPS) is 12.7. The summed E-state index contributed by atoms with van der Waals surface area (Å²) >= 11 is 1.45. The number of rotatable bonds is 5. The summed E-state index contributed by atoms with van der Waals surface area (Å²) in [5.41, 5.74) is 3.02.